The van der Waals surface area contributed by atoms with E-state index in [2.05, 4.69) is 5.32 Å². The fourth-order valence-electron chi connectivity index (χ4n) is 3.83. The lowest BCUT2D eigenvalue weighted by molar-refractivity contribution is -0.148. The molecule has 1 aromatic carbocycles. The normalized spacial score (nSPS) is 30.4. The van der Waals surface area contributed by atoms with Crippen LogP contribution in [0.15, 0.2) is 18.2 Å². The van der Waals surface area contributed by atoms with Crippen molar-refractivity contribution in [1.82, 2.24) is 0 Å². The molecule has 3 rings (SSSR count). The van der Waals surface area contributed by atoms with Crippen LogP contribution in [0.1, 0.15) is 19.3 Å². The number of hydrogen-bond acceptors (Lipinski definition) is 2. The largest absolute Gasteiger partial charge is 0.481 e. The molecular formula is C15H15F2NO3. The number of hydrogen-bond donors (Lipinski definition) is 2. The van der Waals surface area contributed by atoms with Crippen LogP contribution in [-0.2, 0) is 9.59 Å². The number of anilines is 1. The molecule has 112 valence electrons. The minimum absolute atomic E-state index is 0.0145. The first-order valence-corrected chi connectivity index (χ1v) is 6.96. The minimum atomic E-state index is -0.984. The highest BCUT2D eigenvalue weighted by Crippen LogP contribution is 2.52. The van der Waals surface area contributed by atoms with Gasteiger partial charge in [0.05, 0.1) is 17.5 Å². The summed E-state index contributed by atoms with van der Waals surface area (Å²) in [4.78, 5) is 23.7. The molecule has 0 saturated heterocycles. The molecule has 4 nitrogen and oxygen atoms in total. The van der Waals surface area contributed by atoms with Gasteiger partial charge in [0.15, 0.2) is 0 Å². The summed E-state index contributed by atoms with van der Waals surface area (Å²) in [5, 5.41) is 11.7. The van der Waals surface area contributed by atoms with E-state index in [0.29, 0.717) is 0 Å². The maximum atomic E-state index is 13.6. The highest BCUT2D eigenvalue weighted by Gasteiger charge is 2.54. The molecule has 6 heteroatoms. The molecule has 4 atom stereocenters. The van der Waals surface area contributed by atoms with Gasteiger partial charge in [0, 0.05) is 6.07 Å². The monoisotopic (exact) mass is 295 g/mol. The van der Waals surface area contributed by atoms with Crippen molar-refractivity contribution in [3.05, 3.63) is 29.8 Å². The molecule has 2 bridgehead atoms. The van der Waals surface area contributed by atoms with Gasteiger partial charge in [0.25, 0.3) is 0 Å². The van der Waals surface area contributed by atoms with Gasteiger partial charge in [-0.1, -0.05) is 0 Å². The van der Waals surface area contributed by atoms with Crippen molar-refractivity contribution in [3.63, 3.8) is 0 Å². The highest BCUT2D eigenvalue weighted by molar-refractivity contribution is 5.96. The van der Waals surface area contributed by atoms with Crippen molar-refractivity contribution < 1.29 is 23.5 Å². The van der Waals surface area contributed by atoms with Gasteiger partial charge >= 0.3 is 5.97 Å². The van der Waals surface area contributed by atoms with Crippen LogP contribution in [0.25, 0.3) is 0 Å². The predicted molar refractivity (Wildman–Crippen MR) is 70.4 cm³/mol. The Balaban J connectivity index is 1.81. The number of carboxylic acids is 1. The van der Waals surface area contributed by atoms with E-state index in [-0.39, 0.29) is 17.5 Å². The van der Waals surface area contributed by atoms with E-state index >= 15 is 0 Å². The number of benzene rings is 1. The maximum Gasteiger partial charge on any atom is 0.307 e. The number of rotatable bonds is 3. The van der Waals surface area contributed by atoms with E-state index in [1.165, 1.54) is 0 Å². The first-order valence-electron chi connectivity index (χ1n) is 6.96. The van der Waals surface area contributed by atoms with Crippen LogP contribution in [0.2, 0.25) is 0 Å². The smallest absolute Gasteiger partial charge is 0.307 e. The average Bonchev–Trinajstić information content (AvgIpc) is 3.03. The molecule has 1 amide bonds. The topological polar surface area (TPSA) is 66.4 Å². The zero-order valence-corrected chi connectivity index (χ0v) is 11.2. The summed E-state index contributed by atoms with van der Waals surface area (Å²) in [5.74, 6) is -4.26. The van der Waals surface area contributed by atoms with Crippen molar-refractivity contribution in [1.29, 1.82) is 0 Å². The Bertz CT molecular complexity index is 605. The van der Waals surface area contributed by atoms with Crippen molar-refractivity contribution in [2.45, 2.75) is 19.3 Å². The molecule has 2 aliphatic rings. The summed E-state index contributed by atoms with van der Waals surface area (Å²) < 4.78 is 26.7. The number of carbonyl (C=O) groups excluding carboxylic acids is 1. The molecule has 2 fully saturated rings. The second-order valence-electron chi connectivity index (χ2n) is 5.84. The van der Waals surface area contributed by atoms with E-state index in [9.17, 15) is 23.5 Å². The van der Waals surface area contributed by atoms with Gasteiger partial charge in [-0.3, -0.25) is 9.59 Å². The molecule has 0 aliphatic heterocycles. The van der Waals surface area contributed by atoms with E-state index in [4.69, 9.17) is 0 Å². The summed E-state index contributed by atoms with van der Waals surface area (Å²) in [6.45, 7) is 0. The first-order chi connectivity index (χ1) is 9.97. The summed E-state index contributed by atoms with van der Waals surface area (Å²) in [6.07, 6.45) is 2.36. The number of amides is 1. The predicted octanol–water partition coefficient (Wildman–Crippen LogP) is 2.65. The molecule has 0 radical (unpaired) electrons. The third-order valence-corrected chi connectivity index (χ3v) is 4.69. The maximum absolute atomic E-state index is 13.6. The van der Waals surface area contributed by atoms with Crippen molar-refractivity contribution in [2.24, 2.45) is 23.7 Å². The van der Waals surface area contributed by atoms with Crippen LogP contribution in [-0.4, -0.2) is 17.0 Å². The molecule has 0 aromatic heterocycles. The van der Waals surface area contributed by atoms with Crippen LogP contribution in [0.3, 0.4) is 0 Å². The Kier molecular flexibility index (Phi) is 3.39. The Labute approximate surface area is 120 Å². The molecule has 2 saturated carbocycles. The Morgan fingerprint density at radius 3 is 2.48 bits per heavy atom. The second kappa shape index (κ2) is 5.09. The van der Waals surface area contributed by atoms with Crippen molar-refractivity contribution >= 4 is 17.6 Å². The van der Waals surface area contributed by atoms with Gasteiger partial charge in [0.2, 0.25) is 5.91 Å². The van der Waals surface area contributed by atoms with Crippen LogP contribution in [0.5, 0.6) is 0 Å². The number of aliphatic carboxylic acids is 1. The van der Waals surface area contributed by atoms with E-state index in [1.807, 2.05) is 0 Å². The molecule has 0 unspecified atom stereocenters. The summed E-state index contributed by atoms with van der Waals surface area (Å²) >= 11 is 0. The van der Waals surface area contributed by atoms with E-state index < -0.39 is 35.3 Å². The number of fused-ring (bicyclic) bond motifs is 2. The summed E-state index contributed by atoms with van der Waals surface area (Å²) in [5.41, 5.74) is -0.244. The fourth-order valence-corrected chi connectivity index (χ4v) is 3.83. The Morgan fingerprint density at radius 1 is 1.14 bits per heavy atom. The third kappa shape index (κ3) is 2.39. The van der Waals surface area contributed by atoms with Gasteiger partial charge in [-0.2, -0.15) is 0 Å². The highest BCUT2D eigenvalue weighted by atomic mass is 19.1. The summed E-state index contributed by atoms with van der Waals surface area (Å²) in [6, 6.07) is 2.79. The fraction of sp³-hybridized carbons (Fsp3) is 0.467. The number of nitrogens with one attached hydrogen (secondary N) is 1. The lowest BCUT2D eigenvalue weighted by Gasteiger charge is -2.27. The van der Waals surface area contributed by atoms with E-state index in [0.717, 1.165) is 37.5 Å². The van der Waals surface area contributed by atoms with Crippen molar-refractivity contribution in [2.75, 3.05) is 5.32 Å². The SMILES string of the molecule is O=C(O)[C@@H]1[C@H]2CC[C@@H](C2)[C@@H]1C(=O)Nc1cc(F)ccc1F. The van der Waals surface area contributed by atoms with E-state index in [1.54, 1.807) is 0 Å². The van der Waals surface area contributed by atoms with Gasteiger partial charge in [-0.05, 0) is 43.2 Å². The molecule has 21 heavy (non-hydrogen) atoms. The van der Waals surface area contributed by atoms with Crippen LogP contribution < -0.4 is 5.32 Å². The number of halogens is 2. The minimum Gasteiger partial charge on any atom is -0.481 e. The average molecular weight is 295 g/mol. The molecule has 2 aliphatic carbocycles. The first kappa shape index (κ1) is 14.0. The van der Waals surface area contributed by atoms with Crippen LogP contribution in [0.4, 0.5) is 14.5 Å². The van der Waals surface area contributed by atoms with Crippen LogP contribution in [0, 0.1) is 35.3 Å². The van der Waals surface area contributed by atoms with Gasteiger partial charge in [0.1, 0.15) is 11.6 Å². The lowest BCUT2D eigenvalue weighted by atomic mass is 9.78. The molecule has 0 spiro atoms. The number of carbonyl (C=O) groups is 2. The Morgan fingerprint density at radius 2 is 1.81 bits per heavy atom. The molecule has 1 aromatic rings. The van der Waals surface area contributed by atoms with Gasteiger partial charge in [-0.25, -0.2) is 8.78 Å². The van der Waals surface area contributed by atoms with Gasteiger partial charge in [-0.15, -0.1) is 0 Å². The molecule has 0 heterocycles. The summed E-state index contributed by atoms with van der Waals surface area (Å²) in [7, 11) is 0. The zero-order valence-electron chi connectivity index (χ0n) is 11.2. The third-order valence-electron chi connectivity index (χ3n) is 4.69. The van der Waals surface area contributed by atoms with Crippen molar-refractivity contribution in [3.8, 4) is 0 Å². The Hall–Kier alpha value is -1.98. The lowest BCUT2D eigenvalue weighted by Crippen LogP contribution is -2.38. The second-order valence-corrected chi connectivity index (χ2v) is 5.84. The zero-order chi connectivity index (χ0) is 15.1. The van der Waals surface area contributed by atoms with Gasteiger partial charge < -0.3 is 10.4 Å². The van der Waals surface area contributed by atoms with Crippen LogP contribution >= 0.6 is 0 Å². The molecular weight excluding hydrogens is 280 g/mol. The quantitative estimate of drug-likeness (QED) is 0.901. The molecule has 2 N–H and O–H groups in total. The number of carboxylic acid groups (broad SMARTS) is 1. The standard InChI is InChI=1S/C15H15F2NO3/c16-9-3-4-10(17)11(6-9)18-14(19)12-7-1-2-8(5-7)13(12)15(20)21/h3-4,6-8,12-13H,1-2,5H2,(H,18,19)(H,20,21)/t7-,8-,12-,13+/m0/s1.